The lowest BCUT2D eigenvalue weighted by Gasteiger charge is -2.21. The molecular weight excluding hydrogens is 406 g/mol. The standard InChI is InChI=1S/C20H21F4N3O3/c1-29-14-4-5-17(15(9-14)20(22,23)24)27-13-3-2-12(16(21)8-13)10-26-18(28)19(25)6-7-30-11-19/h2-5,8-9,27H,6-7,10-11,25H2,1H3,(H,26,28). The molecule has 1 fully saturated rings. The third kappa shape index (κ3) is 4.82. The van der Waals surface area contributed by atoms with Crippen LogP contribution in [-0.2, 0) is 22.3 Å². The SMILES string of the molecule is COc1ccc(Nc2ccc(CNC(=O)C3(N)CCOC3)c(F)c2)c(C(F)(F)F)c1. The zero-order chi connectivity index (χ0) is 21.9. The predicted molar refractivity (Wildman–Crippen MR) is 102 cm³/mol. The largest absolute Gasteiger partial charge is 0.497 e. The van der Waals surface area contributed by atoms with E-state index >= 15 is 0 Å². The number of halogens is 4. The molecule has 4 N–H and O–H groups in total. The highest BCUT2D eigenvalue weighted by Gasteiger charge is 2.38. The summed E-state index contributed by atoms with van der Waals surface area (Å²) in [6.07, 6.45) is -4.25. The van der Waals surface area contributed by atoms with E-state index in [-0.39, 0.29) is 35.8 Å². The van der Waals surface area contributed by atoms with Gasteiger partial charge >= 0.3 is 6.18 Å². The second-order valence-electron chi connectivity index (χ2n) is 6.98. The highest BCUT2D eigenvalue weighted by molar-refractivity contribution is 5.86. The number of amides is 1. The first kappa shape index (κ1) is 21.8. The second-order valence-corrected chi connectivity index (χ2v) is 6.98. The van der Waals surface area contributed by atoms with Gasteiger partial charge in [-0.2, -0.15) is 13.2 Å². The fraction of sp³-hybridized carbons (Fsp3) is 0.350. The summed E-state index contributed by atoms with van der Waals surface area (Å²) in [7, 11) is 1.27. The molecule has 1 aliphatic heterocycles. The summed E-state index contributed by atoms with van der Waals surface area (Å²) < 4.78 is 64.4. The van der Waals surface area contributed by atoms with Crippen LogP contribution in [0.25, 0.3) is 0 Å². The lowest BCUT2D eigenvalue weighted by molar-refractivity contribution is -0.137. The van der Waals surface area contributed by atoms with Crippen LogP contribution >= 0.6 is 0 Å². The van der Waals surface area contributed by atoms with Gasteiger partial charge in [0.25, 0.3) is 0 Å². The highest BCUT2D eigenvalue weighted by Crippen LogP contribution is 2.38. The van der Waals surface area contributed by atoms with Crippen LogP contribution in [0.3, 0.4) is 0 Å². The number of benzene rings is 2. The van der Waals surface area contributed by atoms with Crippen molar-refractivity contribution >= 4 is 17.3 Å². The Bertz CT molecular complexity index is 928. The molecule has 1 unspecified atom stereocenters. The number of rotatable bonds is 6. The number of methoxy groups -OCH3 is 1. The van der Waals surface area contributed by atoms with Gasteiger partial charge in [0.1, 0.15) is 17.1 Å². The van der Waals surface area contributed by atoms with E-state index in [0.29, 0.717) is 13.0 Å². The maximum atomic E-state index is 14.4. The number of nitrogens with one attached hydrogen (secondary N) is 2. The van der Waals surface area contributed by atoms with Crippen molar-refractivity contribution in [1.82, 2.24) is 5.32 Å². The van der Waals surface area contributed by atoms with Crippen molar-refractivity contribution in [3.63, 3.8) is 0 Å². The van der Waals surface area contributed by atoms with Gasteiger partial charge in [0, 0.05) is 24.4 Å². The molecule has 1 saturated heterocycles. The average molecular weight is 427 g/mol. The number of anilines is 2. The van der Waals surface area contributed by atoms with Crippen molar-refractivity contribution in [1.29, 1.82) is 0 Å². The molecule has 1 atom stereocenters. The van der Waals surface area contributed by atoms with Crippen LogP contribution in [0.1, 0.15) is 17.5 Å². The number of hydrogen-bond donors (Lipinski definition) is 3. The first-order valence-electron chi connectivity index (χ1n) is 9.08. The van der Waals surface area contributed by atoms with Crippen LogP contribution in [0.4, 0.5) is 28.9 Å². The molecule has 0 aliphatic carbocycles. The van der Waals surface area contributed by atoms with E-state index in [4.69, 9.17) is 15.2 Å². The summed E-state index contributed by atoms with van der Waals surface area (Å²) in [5.74, 6) is -1.08. The fourth-order valence-corrected chi connectivity index (χ4v) is 3.03. The number of carbonyl (C=O) groups is 1. The van der Waals surface area contributed by atoms with Gasteiger partial charge in [-0.1, -0.05) is 6.07 Å². The summed E-state index contributed by atoms with van der Waals surface area (Å²) >= 11 is 0. The lowest BCUT2D eigenvalue weighted by atomic mass is 9.99. The third-order valence-electron chi connectivity index (χ3n) is 4.81. The van der Waals surface area contributed by atoms with Gasteiger partial charge in [-0.05, 0) is 36.8 Å². The van der Waals surface area contributed by atoms with E-state index in [2.05, 4.69) is 10.6 Å². The number of ether oxygens (including phenoxy) is 2. The second kappa shape index (κ2) is 8.49. The third-order valence-corrected chi connectivity index (χ3v) is 4.81. The Hall–Kier alpha value is -2.85. The van der Waals surface area contributed by atoms with Crippen LogP contribution in [0.15, 0.2) is 36.4 Å². The number of hydrogen-bond acceptors (Lipinski definition) is 5. The number of alkyl halides is 3. The maximum Gasteiger partial charge on any atom is 0.418 e. The lowest BCUT2D eigenvalue weighted by Crippen LogP contribution is -2.54. The quantitative estimate of drug-likeness (QED) is 0.616. The first-order chi connectivity index (χ1) is 14.1. The summed E-state index contributed by atoms with van der Waals surface area (Å²) in [6, 6.07) is 7.29. The van der Waals surface area contributed by atoms with E-state index < -0.39 is 29.0 Å². The molecule has 6 nitrogen and oxygen atoms in total. The minimum absolute atomic E-state index is 0.0514. The summed E-state index contributed by atoms with van der Waals surface area (Å²) in [5.41, 5.74) is 3.92. The molecule has 0 aromatic heterocycles. The highest BCUT2D eigenvalue weighted by atomic mass is 19.4. The van der Waals surface area contributed by atoms with Gasteiger partial charge in [0.15, 0.2) is 0 Å². The van der Waals surface area contributed by atoms with Gasteiger partial charge < -0.3 is 25.8 Å². The fourth-order valence-electron chi connectivity index (χ4n) is 3.03. The Labute approximate surface area is 170 Å². The molecule has 1 heterocycles. The zero-order valence-corrected chi connectivity index (χ0v) is 16.1. The van der Waals surface area contributed by atoms with Crippen molar-refractivity contribution in [3.05, 3.63) is 53.3 Å². The van der Waals surface area contributed by atoms with Gasteiger partial charge in [0.05, 0.1) is 25.0 Å². The van der Waals surface area contributed by atoms with E-state index in [9.17, 15) is 22.4 Å². The van der Waals surface area contributed by atoms with Gasteiger partial charge in [0.2, 0.25) is 5.91 Å². The summed E-state index contributed by atoms with van der Waals surface area (Å²) in [4.78, 5) is 12.2. The number of carbonyl (C=O) groups excluding carboxylic acids is 1. The molecule has 3 rings (SSSR count). The van der Waals surface area contributed by atoms with Crippen LogP contribution in [0, 0.1) is 5.82 Å². The summed E-state index contributed by atoms with van der Waals surface area (Å²) in [6.45, 7) is 0.359. The normalized spacial score (nSPS) is 18.9. The van der Waals surface area contributed by atoms with Gasteiger partial charge in [-0.15, -0.1) is 0 Å². The predicted octanol–water partition coefficient (Wildman–Crippen LogP) is 3.33. The topological polar surface area (TPSA) is 85.6 Å². The Morgan fingerprint density at radius 2 is 2.03 bits per heavy atom. The molecule has 162 valence electrons. The monoisotopic (exact) mass is 427 g/mol. The minimum Gasteiger partial charge on any atom is -0.497 e. The van der Waals surface area contributed by atoms with Crippen molar-refractivity contribution < 1.29 is 31.8 Å². The molecule has 0 spiro atoms. The Morgan fingerprint density at radius 3 is 2.63 bits per heavy atom. The minimum atomic E-state index is -4.62. The Balaban J connectivity index is 1.72. The van der Waals surface area contributed by atoms with E-state index in [1.807, 2.05) is 0 Å². The van der Waals surface area contributed by atoms with E-state index in [0.717, 1.165) is 12.1 Å². The molecule has 10 heteroatoms. The van der Waals surface area contributed by atoms with Crippen LogP contribution in [0.2, 0.25) is 0 Å². The zero-order valence-electron chi connectivity index (χ0n) is 16.1. The first-order valence-corrected chi connectivity index (χ1v) is 9.08. The smallest absolute Gasteiger partial charge is 0.418 e. The van der Waals surface area contributed by atoms with Crippen molar-refractivity contribution in [2.45, 2.75) is 24.7 Å². The van der Waals surface area contributed by atoms with Crippen molar-refractivity contribution in [2.24, 2.45) is 5.73 Å². The van der Waals surface area contributed by atoms with Crippen molar-refractivity contribution in [2.75, 3.05) is 25.6 Å². The molecule has 1 amide bonds. The molecule has 1 aliphatic rings. The van der Waals surface area contributed by atoms with Crippen molar-refractivity contribution in [3.8, 4) is 5.75 Å². The maximum absolute atomic E-state index is 14.4. The van der Waals surface area contributed by atoms with Crippen LogP contribution < -0.4 is 21.1 Å². The molecule has 30 heavy (non-hydrogen) atoms. The van der Waals surface area contributed by atoms with Gasteiger partial charge in [-0.25, -0.2) is 4.39 Å². The van der Waals surface area contributed by atoms with Crippen LogP contribution in [0.5, 0.6) is 5.75 Å². The number of nitrogens with two attached hydrogens (primary N) is 1. The molecule has 0 radical (unpaired) electrons. The summed E-state index contributed by atoms with van der Waals surface area (Å²) in [5, 5.41) is 5.14. The van der Waals surface area contributed by atoms with Crippen LogP contribution in [-0.4, -0.2) is 31.8 Å². The van der Waals surface area contributed by atoms with E-state index in [1.165, 1.54) is 31.4 Å². The molecule has 0 saturated carbocycles. The molecule has 2 aromatic carbocycles. The molecule has 2 aromatic rings. The average Bonchev–Trinajstić information content (AvgIpc) is 3.14. The van der Waals surface area contributed by atoms with Gasteiger partial charge in [-0.3, -0.25) is 4.79 Å². The molecule has 0 bridgehead atoms. The van der Waals surface area contributed by atoms with E-state index in [1.54, 1.807) is 0 Å². The Kier molecular flexibility index (Phi) is 6.18. The Morgan fingerprint density at radius 1 is 1.27 bits per heavy atom. The molecular formula is C20H21F4N3O3.